The summed E-state index contributed by atoms with van der Waals surface area (Å²) in [5, 5.41) is 10.5. The van der Waals surface area contributed by atoms with E-state index in [9.17, 15) is 14.4 Å². The lowest BCUT2D eigenvalue weighted by molar-refractivity contribution is -0.146. The number of hydrogen-bond donors (Lipinski definition) is 2. The van der Waals surface area contributed by atoms with Gasteiger partial charge in [0, 0.05) is 12.2 Å². The van der Waals surface area contributed by atoms with Crippen LogP contribution in [0.2, 0.25) is 0 Å². The van der Waals surface area contributed by atoms with Crippen molar-refractivity contribution in [2.24, 2.45) is 0 Å². The Morgan fingerprint density at radius 1 is 1.40 bits per heavy atom. The monoisotopic (exact) mass is 215 g/mol. The first kappa shape index (κ1) is 13.2. The number of aliphatic carboxylic acids is 1. The van der Waals surface area contributed by atoms with Crippen LogP contribution in [0.3, 0.4) is 0 Å². The summed E-state index contributed by atoms with van der Waals surface area (Å²) in [5.74, 6) is -2.44. The Morgan fingerprint density at radius 3 is 2.47 bits per heavy atom. The van der Waals surface area contributed by atoms with Crippen molar-refractivity contribution in [2.75, 3.05) is 6.61 Å². The number of esters is 1. The lowest BCUT2D eigenvalue weighted by atomic mass is 10.3. The van der Waals surface area contributed by atoms with Gasteiger partial charge in [0.15, 0.2) is 0 Å². The second-order valence-corrected chi connectivity index (χ2v) is 2.65. The first-order valence-electron chi connectivity index (χ1n) is 4.35. The molecule has 0 saturated heterocycles. The van der Waals surface area contributed by atoms with Crippen molar-refractivity contribution in [1.82, 2.24) is 5.32 Å². The molecule has 0 aliphatic rings. The van der Waals surface area contributed by atoms with E-state index in [-0.39, 0.29) is 6.61 Å². The maximum absolute atomic E-state index is 11.0. The minimum atomic E-state index is -1.23. The van der Waals surface area contributed by atoms with Crippen molar-refractivity contribution < 1.29 is 24.2 Å². The van der Waals surface area contributed by atoms with Gasteiger partial charge >= 0.3 is 11.9 Å². The molecule has 15 heavy (non-hydrogen) atoms. The van der Waals surface area contributed by atoms with Crippen LogP contribution in [0, 0.1) is 0 Å². The summed E-state index contributed by atoms with van der Waals surface area (Å²) in [6.45, 7) is 3.32. The van der Waals surface area contributed by atoms with Crippen LogP contribution in [0.1, 0.15) is 13.8 Å². The molecule has 1 amide bonds. The van der Waals surface area contributed by atoms with E-state index in [1.807, 2.05) is 0 Å². The van der Waals surface area contributed by atoms with Gasteiger partial charge in [-0.15, -0.1) is 0 Å². The van der Waals surface area contributed by atoms with E-state index >= 15 is 0 Å². The van der Waals surface area contributed by atoms with Gasteiger partial charge in [0.05, 0.1) is 6.61 Å². The highest BCUT2D eigenvalue weighted by atomic mass is 16.5. The highest BCUT2D eigenvalue weighted by Gasteiger charge is 2.14. The number of nitrogens with one attached hydrogen (secondary N) is 1. The first-order valence-corrected chi connectivity index (χ1v) is 4.35. The van der Waals surface area contributed by atoms with Gasteiger partial charge in [-0.1, -0.05) is 0 Å². The van der Waals surface area contributed by atoms with Gasteiger partial charge in [-0.2, -0.15) is 0 Å². The molecular weight excluding hydrogens is 202 g/mol. The molecule has 84 valence electrons. The summed E-state index contributed by atoms with van der Waals surface area (Å²) in [4.78, 5) is 32.1. The zero-order chi connectivity index (χ0) is 11.8. The van der Waals surface area contributed by atoms with Gasteiger partial charge in [0.1, 0.15) is 6.04 Å². The molecular formula is C9H13NO5. The van der Waals surface area contributed by atoms with E-state index in [1.54, 1.807) is 6.92 Å². The van der Waals surface area contributed by atoms with Crippen LogP contribution in [-0.2, 0) is 19.1 Å². The van der Waals surface area contributed by atoms with Crippen LogP contribution in [0.4, 0.5) is 0 Å². The molecule has 0 rings (SSSR count). The molecule has 0 heterocycles. The number of amides is 1. The molecule has 0 aliphatic carbocycles. The second kappa shape index (κ2) is 6.58. The Kier molecular flexibility index (Phi) is 5.77. The Morgan fingerprint density at radius 2 is 2.00 bits per heavy atom. The molecule has 0 saturated carbocycles. The summed E-state index contributed by atoms with van der Waals surface area (Å²) >= 11 is 0. The van der Waals surface area contributed by atoms with Crippen molar-refractivity contribution in [2.45, 2.75) is 19.9 Å². The largest absolute Gasteiger partial charge is 0.478 e. The zero-order valence-electron chi connectivity index (χ0n) is 8.52. The molecule has 2 N–H and O–H groups in total. The van der Waals surface area contributed by atoms with Crippen molar-refractivity contribution in [3.05, 3.63) is 12.2 Å². The number of carboxylic acid groups (broad SMARTS) is 1. The minimum absolute atomic E-state index is 0.226. The first-order chi connectivity index (χ1) is 6.97. The van der Waals surface area contributed by atoms with E-state index in [2.05, 4.69) is 10.1 Å². The molecule has 0 aliphatic heterocycles. The van der Waals surface area contributed by atoms with Gasteiger partial charge < -0.3 is 15.2 Å². The third kappa shape index (κ3) is 6.25. The second-order valence-electron chi connectivity index (χ2n) is 2.65. The zero-order valence-corrected chi connectivity index (χ0v) is 8.52. The molecule has 1 unspecified atom stereocenters. The van der Waals surface area contributed by atoms with E-state index in [4.69, 9.17) is 5.11 Å². The maximum atomic E-state index is 11.0. The van der Waals surface area contributed by atoms with Gasteiger partial charge in [-0.25, -0.2) is 9.59 Å². The summed E-state index contributed by atoms with van der Waals surface area (Å²) < 4.78 is 4.64. The molecule has 0 aromatic rings. The molecule has 0 aromatic carbocycles. The molecule has 0 radical (unpaired) electrons. The van der Waals surface area contributed by atoms with E-state index in [1.165, 1.54) is 6.92 Å². The predicted octanol–water partition coefficient (Wildman–Crippen LogP) is -0.305. The van der Waals surface area contributed by atoms with Crippen molar-refractivity contribution in [1.29, 1.82) is 0 Å². The minimum Gasteiger partial charge on any atom is -0.478 e. The van der Waals surface area contributed by atoms with Crippen molar-refractivity contribution in [3.63, 3.8) is 0 Å². The number of ether oxygens (including phenoxy) is 1. The van der Waals surface area contributed by atoms with Gasteiger partial charge in [0.2, 0.25) is 5.91 Å². The van der Waals surface area contributed by atoms with Crippen molar-refractivity contribution >= 4 is 17.8 Å². The number of rotatable bonds is 5. The normalized spacial score (nSPS) is 12.1. The summed E-state index contributed by atoms with van der Waals surface area (Å²) in [7, 11) is 0. The lowest BCUT2D eigenvalue weighted by Gasteiger charge is -2.10. The Bertz CT molecular complexity index is 284. The fourth-order valence-electron chi connectivity index (χ4n) is 0.735. The fraction of sp³-hybridized carbons (Fsp3) is 0.444. The quantitative estimate of drug-likeness (QED) is 0.485. The molecule has 6 heteroatoms. The molecule has 0 bridgehead atoms. The van der Waals surface area contributed by atoms with Crippen LogP contribution < -0.4 is 5.32 Å². The highest BCUT2D eigenvalue weighted by molar-refractivity contribution is 5.95. The SMILES string of the molecule is CCOC(=O)C(C)NC(=O)C=CC(=O)O. The van der Waals surface area contributed by atoms with E-state index < -0.39 is 23.9 Å². The van der Waals surface area contributed by atoms with E-state index in [0.29, 0.717) is 6.08 Å². The Balaban J connectivity index is 4.06. The summed E-state index contributed by atoms with van der Waals surface area (Å²) in [6, 6.07) is -0.795. The van der Waals surface area contributed by atoms with Crippen molar-refractivity contribution in [3.8, 4) is 0 Å². The molecule has 0 spiro atoms. The smallest absolute Gasteiger partial charge is 0.328 e. The van der Waals surface area contributed by atoms with E-state index in [0.717, 1.165) is 6.08 Å². The summed E-state index contributed by atoms with van der Waals surface area (Å²) in [6.07, 6.45) is 1.52. The van der Waals surface area contributed by atoms with Crippen LogP contribution in [0.15, 0.2) is 12.2 Å². The van der Waals surface area contributed by atoms with Crippen LogP contribution in [0.5, 0.6) is 0 Å². The summed E-state index contributed by atoms with van der Waals surface area (Å²) in [5.41, 5.74) is 0. The fourth-order valence-corrected chi connectivity index (χ4v) is 0.735. The number of carboxylic acids is 1. The third-order valence-electron chi connectivity index (χ3n) is 1.38. The average molecular weight is 215 g/mol. The molecule has 1 atom stereocenters. The van der Waals surface area contributed by atoms with Gasteiger partial charge in [-0.3, -0.25) is 4.79 Å². The Hall–Kier alpha value is -1.85. The number of hydrogen-bond acceptors (Lipinski definition) is 4. The van der Waals surface area contributed by atoms with Crippen LogP contribution in [-0.4, -0.2) is 35.6 Å². The standard InChI is InChI=1S/C9H13NO5/c1-3-15-9(14)6(2)10-7(11)4-5-8(12)13/h4-6H,3H2,1-2H3,(H,10,11)(H,12,13). The highest BCUT2D eigenvalue weighted by Crippen LogP contribution is 1.88. The van der Waals surface area contributed by atoms with Gasteiger partial charge in [0.25, 0.3) is 0 Å². The maximum Gasteiger partial charge on any atom is 0.328 e. The molecule has 6 nitrogen and oxygen atoms in total. The van der Waals surface area contributed by atoms with Crippen LogP contribution in [0.25, 0.3) is 0 Å². The topological polar surface area (TPSA) is 92.7 Å². The molecule has 0 fully saturated rings. The van der Waals surface area contributed by atoms with Gasteiger partial charge in [-0.05, 0) is 13.8 Å². The molecule has 0 aromatic heterocycles. The van der Waals surface area contributed by atoms with Crippen LogP contribution >= 0.6 is 0 Å². The average Bonchev–Trinajstić information content (AvgIpc) is 2.15. The third-order valence-corrected chi connectivity index (χ3v) is 1.38. The lowest BCUT2D eigenvalue weighted by Crippen LogP contribution is -2.38. The predicted molar refractivity (Wildman–Crippen MR) is 51.0 cm³/mol. The Labute approximate surface area is 86.9 Å². The number of carbonyl (C=O) groups excluding carboxylic acids is 2. The number of carbonyl (C=O) groups is 3.